The Balaban J connectivity index is 2.42. The average molecular weight is 280 g/mol. The van der Waals surface area contributed by atoms with Crippen LogP contribution >= 0.6 is 0 Å². The number of urea groups is 1. The molecule has 6 nitrogen and oxygen atoms in total. The summed E-state index contributed by atoms with van der Waals surface area (Å²) in [6.07, 6.45) is 2.84. The lowest BCUT2D eigenvalue weighted by atomic mass is 10.2. The molecule has 1 aromatic rings. The van der Waals surface area contributed by atoms with E-state index < -0.39 is 6.29 Å². The fraction of sp³-hybridized carbons (Fsp3) is 0.357. The second-order valence-electron chi connectivity index (χ2n) is 3.83. The van der Waals surface area contributed by atoms with Gasteiger partial charge >= 0.3 is 6.03 Å². The van der Waals surface area contributed by atoms with Crippen LogP contribution in [-0.4, -0.2) is 40.2 Å². The second kappa shape index (κ2) is 8.95. The van der Waals surface area contributed by atoms with Crippen LogP contribution in [0.5, 0.6) is 5.75 Å². The van der Waals surface area contributed by atoms with E-state index in [-0.39, 0.29) is 12.6 Å². The first-order valence-electron chi connectivity index (χ1n) is 6.10. The predicted octanol–water partition coefficient (Wildman–Crippen LogP) is 1.58. The van der Waals surface area contributed by atoms with Crippen LogP contribution in [0.2, 0.25) is 0 Å². The lowest BCUT2D eigenvalue weighted by Gasteiger charge is -2.13. The van der Waals surface area contributed by atoms with Crippen molar-refractivity contribution in [3.05, 3.63) is 36.0 Å². The molecule has 20 heavy (non-hydrogen) atoms. The molecular formula is C14H20N2O4. The average Bonchev–Trinajstić information content (AvgIpc) is 2.48. The molecule has 0 heterocycles. The molecule has 0 aromatic heterocycles. The zero-order valence-corrected chi connectivity index (χ0v) is 11.9. The Morgan fingerprint density at radius 3 is 2.60 bits per heavy atom. The summed E-state index contributed by atoms with van der Waals surface area (Å²) in [6, 6.07) is 7.17. The minimum absolute atomic E-state index is 0.265. The third-order valence-electron chi connectivity index (χ3n) is 2.57. The maximum absolute atomic E-state index is 11.5. The summed E-state index contributed by atoms with van der Waals surface area (Å²) < 4.78 is 15.1. The van der Waals surface area contributed by atoms with Crippen molar-refractivity contribution in [2.24, 2.45) is 0 Å². The van der Waals surface area contributed by atoms with E-state index in [1.165, 1.54) is 14.2 Å². The molecule has 0 unspecified atom stereocenters. The second-order valence-corrected chi connectivity index (χ2v) is 3.83. The van der Waals surface area contributed by atoms with Crippen molar-refractivity contribution in [1.82, 2.24) is 10.6 Å². The van der Waals surface area contributed by atoms with Crippen molar-refractivity contribution in [3.8, 4) is 5.75 Å². The van der Waals surface area contributed by atoms with Gasteiger partial charge in [0.15, 0.2) is 6.29 Å². The molecule has 0 fully saturated rings. The zero-order valence-electron chi connectivity index (χ0n) is 11.9. The number of benzene rings is 1. The van der Waals surface area contributed by atoms with Crippen LogP contribution in [0.4, 0.5) is 4.79 Å². The molecule has 2 N–H and O–H groups in total. The van der Waals surface area contributed by atoms with Crippen LogP contribution in [0.1, 0.15) is 5.56 Å². The van der Waals surface area contributed by atoms with Crippen molar-refractivity contribution >= 4 is 12.1 Å². The quantitative estimate of drug-likeness (QED) is 0.744. The maximum atomic E-state index is 11.5. The van der Waals surface area contributed by atoms with Crippen LogP contribution in [0, 0.1) is 0 Å². The van der Waals surface area contributed by atoms with Gasteiger partial charge in [-0.25, -0.2) is 4.79 Å². The minimum Gasteiger partial charge on any atom is -0.496 e. The lowest BCUT2D eigenvalue weighted by molar-refractivity contribution is -0.0971. The molecule has 110 valence electrons. The summed E-state index contributed by atoms with van der Waals surface area (Å²) in [6.45, 7) is 0.265. The number of methoxy groups -OCH3 is 3. The number of hydrogen-bond donors (Lipinski definition) is 2. The molecule has 0 bridgehead atoms. The number of carbonyl (C=O) groups excluding carboxylic acids is 1. The number of amides is 2. The molecule has 6 heteroatoms. The first-order chi connectivity index (χ1) is 9.71. The molecule has 0 saturated carbocycles. The largest absolute Gasteiger partial charge is 0.496 e. The number of carbonyl (C=O) groups is 1. The van der Waals surface area contributed by atoms with Crippen molar-refractivity contribution in [1.29, 1.82) is 0 Å². The molecule has 1 rings (SSSR count). The number of rotatable bonds is 7. The first-order valence-corrected chi connectivity index (χ1v) is 6.10. The predicted molar refractivity (Wildman–Crippen MR) is 76.4 cm³/mol. The number of ether oxygens (including phenoxy) is 3. The summed E-state index contributed by atoms with van der Waals surface area (Å²) in [7, 11) is 4.62. The normalized spacial score (nSPS) is 10.8. The SMILES string of the molecule is COc1ccccc1/C=C/NC(=O)NCC(OC)OC. The monoisotopic (exact) mass is 280 g/mol. The molecule has 0 saturated heterocycles. The van der Waals surface area contributed by atoms with Crippen LogP contribution in [-0.2, 0) is 9.47 Å². The summed E-state index contributed by atoms with van der Waals surface area (Å²) >= 11 is 0. The fourth-order valence-corrected chi connectivity index (χ4v) is 1.50. The first kappa shape index (κ1) is 16.0. The highest BCUT2D eigenvalue weighted by Crippen LogP contribution is 2.18. The Morgan fingerprint density at radius 2 is 1.95 bits per heavy atom. The van der Waals surface area contributed by atoms with E-state index in [9.17, 15) is 4.79 Å². The van der Waals surface area contributed by atoms with Crippen LogP contribution in [0.15, 0.2) is 30.5 Å². The van der Waals surface area contributed by atoms with Crippen LogP contribution in [0.3, 0.4) is 0 Å². The molecule has 0 aliphatic carbocycles. The Hall–Kier alpha value is -2.05. The highest BCUT2D eigenvalue weighted by atomic mass is 16.7. The molecular weight excluding hydrogens is 260 g/mol. The third kappa shape index (κ3) is 5.29. The molecule has 0 aliphatic heterocycles. The Morgan fingerprint density at radius 1 is 1.25 bits per heavy atom. The Bertz CT molecular complexity index is 445. The standard InChI is InChI=1S/C14H20N2O4/c1-18-12-7-5-4-6-11(12)8-9-15-14(17)16-10-13(19-2)20-3/h4-9,13H,10H2,1-3H3,(H2,15,16,17)/b9-8+. The van der Waals surface area contributed by atoms with Gasteiger partial charge in [0, 0.05) is 26.0 Å². The van der Waals surface area contributed by atoms with Gasteiger partial charge in [0.1, 0.15) is 5.75 Å². The third-order valence-corrected chi connectivity index (χ3v) is 2.57. The van der Waals surface area contributed by atoms with Gasteiger partial charge in [-0.3, -0.25) is 0 Å². The van der Waals surface area contributed by atoms with Crippen molar-refractivity contribution in [2.45, 2.75) is 6.29 Å². The van der Waals surface area contributed by atoms with Crippen LogP contribution < -0.4 is 15.4 Å². The van der Waals surface area contributed by atoms with E-state index in [0.717, 1.165) is 11.3 Å². The summed E-state index contributed by atoms with van der Waals surface area (Å²) in [5, 5.41) is 5.21. The molecule has 1 aromatic carbocycles. The number of para-hydroxylation sites is 1. The molecule has 0 radical (unpaired) electrons. The van der Waals surface area contributed by atoms with E-state index >= 15 is 0 Å². The highest BCUT2D eigenvalue weighted by molar-refractivity contribution is 5.76. The van der Waals surface area contributed by atoms with Crippen molar-refractivity contribution < 1.29 is 19.0 Å². The molecule has 0 aliphatic rings. The summed E-state index contributed by atoms with van der Waals surface area (Å²) in [5.74, 6) is 0.741. The van der Waals surface area contributed by atoms with Gasteiger partial charge in [-0.1, -0.05) is 18.2 Å². The fourth-order valence-electron chi connectivity index (χ4n) is 1.50. The summed E-state index contributed by atoms with van der Waals surface area (Å²) in [4.78, 5) is 11.5. The number of hydrogen-bond acceptors (Lipinski definition) is 4. The highest BCUT2D eigenvalue weighted by Gasteiger charge is 2.06. The Labute approximate surface area is 118 Å². The molecule has 0 spiro atoms. The number of nitrogens with one attached hydrogen (secondary N) is 2. The van der Waals surface area contributed by atoms with Crippen LogP contribution in [0.25, 0.3) is 6.08 Å². The lowest BCUT2D eigenvalue weighted by Crippen LogP contribution is -2.38. The topological polar surface area (TPSA) is 68.8 Å². The van der Waals surface area contributed by atoms with E-state index in [1.807, 2.05) is 24.3 Å². The summed E-state index contributed by atoms with van der Waals surface area (Å²) in [5.41, 5.74) is 0.877. The van der Waals surface area contributed by atoms with E-state index in [4.69, 9.17) is 14.2 Å². The van der Waals surface area contributed by atoms with Gasteiger partial charge in [-0.15, -0.1) is 0 Å². The Kier molecular flexibility index (Phi) is 7.16. The smallest absolute Gasteiger partial charge is 0.318 e. The van der Waals surface area contributed by atoms with Gasteiger partial charge in [0.2, 0.25) is 0 Å². The molecule has 2 amide bonds. The van der Waals surface area contributed by atoms with Gasteiger partial charge in [-0.05, 0) is 12.1 Å². The van der Waals surface area contributed by atoms with E-state index in [0.29, 0.717) is 0 Å². The zero-order chi connectivity index (χ0) is 14.8. The molecule has 0 atom stereocenters. The van der Waals surface area contributed by atoms with Crippen molar-refractivity contribution in [3.63, 3.8) is 0 Å². The van der Waals surface area contributed by atoms with Gasteiger partial charge < -0.3 is 24.8 Å². The van der Waals surface area contributed by atoms with E-state index in [2.05, 4.69) is 10.6 Å². The maximum Gasteiger partial charge on any atom is 0.318 e. The van der Waals surface area contributed by atoms with Gasteiger partial charge in [-0.2, -0.15) is 0 Å². The minimum atomic E-state index is -0.459. The van der Waals surface area contributed by atoms with Crippen molar-refractivity contribution in [2.75, 3.05) is 27.9 Å². The van der Waals surface area contributed by atoms with E-state index in [1.54, 1.807) is 19.4 Å². The van der Waals surface area contributed by atoms with Gasteiger partial charge in [0.25, 0.3) is 0 Å². The van der Waals surface area contributed by atoms with Gasteiger partial charge in [0.05, 0.1) is 13.7 Å².